The molecule has 0 amide bonds. The molecule has 0 spiro atoms. The summed E-state index contributed by atoms with van der Waals surface area (Å²) in [5.41, 5.74) is 3.69. The minimum atomic E-state index is -4.43. The molecule has 24 heavy (non-hydrogen) atoms. The summed E-state index contributed by atoms with van der Waals surface area (Å²) in [6.07, 6.45) is -8.79. The average Bonchev–Trinajstić information content (AvgIpc) is 2.42. The third kappa shape index (κ3) is 5.90. The summed E-state index contributed by atoms with van der Waals surface area (Å²) in [6, 6.07) is 6.57. The van der Waals surface area contributed by atoms with E-state index in [1.165, 1.54) is 18.2 Å². The number of halogens is 8. The molecular formula is C14H9Br2F6NO. The summed E-state index contributed by atoms with van der Waals surface area (Å²) < 4.78 is 72.6. The van der Waals surface area contributed by atoms with Crippen LogP contribution < -0.4 is 5.73 Å². The first kappa shape index (κ1) is 20.6. The van der Waals surface area contributed by atoms with E-state index in [2.05, 4.69) is 31.9 Å². The number of nitrogen functional groups attached to an aromatic ring is 1. The van der Waals surface area contributed by atoms with Crippen molar-refractivity contribution in [2.75, 3.05) is 5.73 Å². The number of anilines is 1. The van der Waals surface area contributed by atoms with Crippen LogP contribution >= 0.6 is 31.9 Å². The fraction of sp³-hybridized carbons (Fsp3) is 0.143. The molecule has 3 N–H and O–H groups in total. The van der Waals surface area contributed by atoms with Crippen molar-refractivity contribution in [3.63, 3.8) is 0 Å². The van der Waals surface area contributed by atoms with Gasteiger partial charge in [0, 0.05) is 14.6 Å². The molecule has 2 aromatic rings. The monoisotopic (exact) mass is 479 g/mol. The molecule has 0 saturated carbocycles. The largest absolute Gasteiger partial charge is 0.508 e. The zero-order valence-electron chi connectivity index (χ0n) is 11.5. The van der Waals surface area contributed by atoms with Gasteiger partial charge in [-0.25, -0.2) is 0 Å². The Morgan fingerprint density at radius 3 is 1.54 bits per heavy atom. The van der Waals surface area contributed by atoms with Gasteiger partial charge in [-0.1, -0.05) is 31.9 Å². The van der Waals surface area contributed by atoms with Gasteiger partial charge in [0.2, 0.25) is 0 Å². The molecule has 2 aromatic carbocycles. The zero-order chi connectivity index (χ0) is 18.7. The van der Waals surface area contributed by atoms with E-state index in [9.17, 15) is 26.3 Å². The summed E-state index contributed by atoms with van der Waals surface area (Å²) in [6.45, 7) is 0. The summed E-state index contributed by atoms with van der Waals surface area (Å²) >= 11 is 5.53. The van der Waals surface area contributed by atoms with E-state index in [0.29, 0.717) is 6.07 Å². The maximum atomic E-state index is 12.1. The molecule has 2 rings (SSSR count). The lowest BCUT2D eigenvalue weighted by atomic mass is 10.2. The lowest BCUT2D eigenvalue weighted by molar-refractivity contribution is -0.139. The number of aromatic hydroxyl groups is 1. The minimum Gasteiger partial charge on any atom is -0.508 e. The minimum absolute atomic E-state index is 0.00389. The number of benzene rings is 2. The Labute approximate surface area is 149 Å². The van der Waals surface area contributed by atoms with Crippen LogP contribution in [0.15, 0.2) is 45.3 Å². The Morgan fingerprint density at radius 1 is 0.750 bits per heavy atom. The van der Waals surface area contributed by atoms with E-state index in [4.69, 9.17) is 10.8 Å². The van der Waals surface area contributed by atoms with Crippen LogP contribution in [0.5, 0.6) is 5.75 Å². The van der Waals surface area contributed by atoms with Crippen LogP contribution in [0.3, 0.4) is 0 Å². The summed E-state index contributed by atoms with van der Waals surface area (Å²) in [5, 5.41) is 8.78. The average molecular weight is 481 g/mol. The lowest BCUT2D eigenvalue weighted by Crippen LogP contribution is -2.06. The fourth-order valence-corrected chi connectivity index (χ4v) is 2.43. The highest BCUT2D eigenvalue weighted by atomic mass is 79.9. The smallest absolute Gasteiger partial charge is 0.417 e. The van der Waals surface area contributed by atoms with E-state index >= 15 is 0 Å². The Bertz CT molecular complexity index is 654. The van der Waals surface area contributed by atoms with Crippen LogP contribution in [-0.2, 0) is 12.4 Å². The molecule has 0 bridgehead atoms. The molecule has 0 fully saturated rings. The molecule has 0 aliphatic carbocycles. The van der Waals surface area contributed by atoms with Crippen LogP contribution in [0.2, 0.25) is 0 Å². The van der Waals surface area contributed by atoms with E-state index in [1.54, 1.807) is 0 Å². The molecule has 0 radical (unpaired) electrons. The molecule has 0 aliphatic heterocycles. The van der Waals surface area contributed by atoms with Crippen molar-refractivity contribution in [3.8, 4) is 5.75 Å². The number of phenolic OH excluding ortho intramolecular Hbond substituents is 1. The Morgan fingerprint density at radius 2 is 1.17 bits per heavy atom. The van der Waals surface area contributed by atoms with Gasteiger partial charge >= 0.3 is 12.4 Å². The summed E-state index contributed by atoms with van der Waals surface area (Å²) in [4.78, 5) is 0. The van der Waals surface area contributed by atoms with Gasteiger partial charge < -0.3 is 10.8 Å². The van der Waals surface area contributed by atoms with E-state index < -0.39 is 29.2 Å². The highest BCUT2D eigenvalue weighted by molar-refractivity contribution is 9.10. The van der Waals surface area contributed by atoms with Crippen molar-refractivity contribution in [1.82, 2.24) is 0 Å². The number of nitrogens with two attached hydrogens (primary N) is 1. The second-order valence-corrected chi connectivity index (χ2v) is 6.11. The molecule has 0 aliphatic rings. The fourth-order valence-electron chi connectivity index (χ4n) is 1.49. The third-order valence-corrected chi connectivity index (χ3v) is 3.93. The third-order valence-electron chi connectivity index (χ3n) is 2.55. The topological polar surface area (TPSA) is 46.2 Å². The van der Waals surface area contributed by atoms with Gasteiger partial charge in [0.05, 0.1) is 11.1 Å². The van der Waals surface area contributed by atoms with Gasteiger partial charge in [-0.3, -0.25) is 0 Å². The highest BCUT2D eigenvalue weighted by Gasteiger charge is 2.33. The lowest BCUT2D eigenvalue weighted by Gasteiger charge is -2.08. The van der Waals surface area contributed by atoms with Crippen molar-refractivity contribution >= 4 is 37.5 Å². The first-order valence-electron chi connectivity index (χ1n) is 6.00. The standard InChI is InChI=1S/C7H5BrF3N.C7H4BrF3O/c2*8-6-2-1-4(12)3-5(6)7(9,10)11/h1-3H,12H2;1-3,12H. The summed E-state index contributed by atoms with van der Waals surface area (Å²) in [7, 11) is 0. The molecule has 0 atom stereocenters. The molecule has 10 heteroatoms. The Balaban J connectivity index is 0.000000240. The zero-order valence-corrected chi connectivity index (χ0v) is 14.7. The predicted octanol–water partition coefficient (Wildman–Crippen LogP) is 6.22. The SMILES string of the molecule is Nc1ccc(Br)c(C(F)(F)F)c1.Oc1ccc(Br)c(C(F)(F)F)c1. The van der Waals surface area contributed by atoms with Crippen LogP contribution in [0.4, 0.5) is 32.0 Å². The number of hydrogen-bond acceptors (Lipinski definition) is 2. The van der Waals surface area contributed by atoms with Crippen molar-refractivity contribution < 1.29 is 31.4 Å². The van der Waals surface area contributed by atoms with Gasteiger partial charge in [-0.2, -0.15) is 26.3 Å². The number of alkyl halides is 6. The normalized spacial score (nSPS) is 11.7. The number of rotatable bonds is 0. The van der Waals surface area contributed by atoms with E-state index in [0.717, 1.165) is 12.1 Å². The molecule has 0 aromatic heterocycles. The van der Waals surface area contributed by atoms with Gasteiger partial charge in [0.15, 0.2) is 0 Å². The van der Waals surface area contributed by atoms with Crippen molar-refractivity contribution in [2.45, 2.75) is 12.4 Å². The maximum absolute atomic E-state index is 12.1. The van der Waals surface area contributed by atoms with E-state index in [1.807, 2.05) is 0 Å². The van der Waals surface area contributed by atoms with Gasteiger partial charge in [-0.15, -0.1) is 0 Å². The first-order chi connectivity index (χ1) is 10.8. The van der Waals surface area contributed by atoms with E-state index in [-0.39, 0.29) is 14.6 Å². The van der Waals surface area contributed by atoms with Crippen molar-refractivity contribution in [1.29, 1.82) is 0 Å². The second-order valence-electron chi connectivity index (χ2n) is 4.40. The summed E-state index contributed by atoms with van der Waals surface area (Å²) in [5.74, 6) is -0.398. The van der Waals surface area contributed by atoms with Gasteiger partial charge in [0.25, 0.3) is 0 Å². The molecule has 132 valence electrons. The number of hydrogen-bond donors (Lipinski definition) is 2. The molecule has 0 heterocycles. The molecule has 0 saturated heterocycles. The predicted molar refractivity (Wildman–Crippen MR) is 84.4 cm³/mol. The van der Waals surface area contributed by atoms with Crippen molar-refractivity contribution in [2.24, 2.45) is 0 Å². The van der Waals surface area contributed by atoms with Gasteiger partial charge in [-0.05, 0) is 36.4 Å². The van der Waals surface area contributed by atoms with Crippen LogP contribution in [0.1, 0.15) is 11.1 Å². The number of phenols is 1. The van der Waals surface area contributed by atoms with Crippen LogP contribution in [0, 0.1) is 0 Å². The quantitative estimate of drug-likeness (QED) is 0.347. The molecular weight excluding hydrogens is 472 g/mol. The Kier molecular flexibility index (Phi) is 6.57. The Hall–Kier alpha value is -1.42. The van der Waals surface area contributed by atoms with Crippen molar-refractivity contribution in [3.05, 3.63) is 56.5 Å². The molecule has 0 unspecified atom stereocenters. The second kappa shape index (κ2) is 7.64. The highest BCUT2D eigenvalue weighted by Crippen LogP contribution is 2.37. The molecule has 2 nitrogen and oxygen atoms in total. The van der Waals surface area contributed by atoms with Crippen LogP contribution in [0.25, 0.3) is 0 Å². The van der Waals surface area contributed by atoms with Gasteiger partial charge in [0.1, 0.15) is 5.75 Å². The maximum Gasteiger partial charge on any atom is 0.417 e. The first-order valence-corrected chi connectivity index (χ1v) is 7.59. The van der Waals surface area contributed by atoms with Crippen LogP contribution in [-0.4, -0.2) is 5.11 Å².